The van der Waals surface area contributed by atoms with Gasteiger partial charge in [-0.25, -0.2) is 10.5 Å². The van der Waals surface area contributed by atoms with Gasteiger partial charge in [-0.1, -0.05) is 36.8 Å². The number of hydrogen-bond acceptors (Lipinski definition) is 4. The first-order valence-corrected chi connectivity index (χ1v) is 10.1. The highest BCUT2D eigenvalue weighted by atomic mass is 16.5. The lowest BCUT2D eigenvalue weighted by Gasteiger charge is -2.26. The molecule has 0 aliphatic carbocycles. The van der Waals surface area contributed by atoms with Gasteiger partial charge in [0, 0.05) is 24.7 Å². The van der Waals surface area contributed by atoms with E-state index in [2.05, 4.69) is 21.6 Å². The Morgan fingerprint density at radius 3 is 2.72 bits per heavy atom. The average Bonchev–Trinajstić information content (AvgIpc) is 3.15. The third-order valence-corrected chi connectivity index (χ3v) is 5.43. The summed E-state index contributed by atoms with van der Waals surface area (Å²) in [5.41, 5.74) is 5.62. The van der Waals surface area contributed by atoms with Crippen LogP contribution in [0.3, 0.4) is 0 Å². The summed E-state index contributed by atoms with van der Waals surface area (Å²) >= 11 is 0. The number of piperidine rings is 1. The van der Waals surface area contributed by atoms with Gasteiger partial charge in [0.2, 0.25) is 0 Å². The van der Waals surface area contributed by atoms with E-state index in [1.807, 2.05) is 36.4 Å². The van der Waals surface area contributed by atoms with Gasteiger partial charge in [-0.2, -0.15) is 0 Å². The Balaban J connectivity index is 1.66. The lowest BCUT2D eigenvalue weighted by atomic mass is 10.1. The first-order chi connectivity index (χ1) is 14.2. The predicted octanol–water partition coefficient (Wildman–Crippen LogP) is 3.71. The molecule has 2 heterocycles. The zero-order valence-electron chi connectivity index (χ0n) is 16.4. The molecule has 0 unspecified atom stereocenters. The van der Waals surface area contributed by atoms with E-state index < -0.39 is 5.91 Å². The van der Waals surface area contributed by atoms with Gasteiger partial charge in [0.05, 0.1) is 11.0 Å². The average molecular weight is 390 g/mol. The Morgan fingerprint density at radius 2 is 1.90 bits per heavy atom. The molecule has 1 aliphatic heterocycles. The minimum Gasteiger partial charge on any atom is -0.323 e. The van der Waals surface area contributed by atoms with Gasteiger partial charge < -0.3 is 9.47 Å². The fourth-order valence-corrected chi connectivity index (χ4v) is 3.94. The molecular weight excluding hydrogens is 364 g/mol. The molecule has 1 aromatic heterocycles. The highest BCUT2D eigenvalue weighted by Crippen LogP contribution is 2.26. The van der Waals surface area contributed by atoms with E-state index >= 15 is 0 Å². The molecule has 2 aromatic carbocycles. The fraction of sp³-hybridized carbons (Fsp3) is 0.304. The summed E-state index contributed by atoms with van der Waals surface area (Å²) in [6.45, 7) is 4.26. The second kappa shape index (κ2) is 9.03. The Morgan fingerprint density at radius 1 is 1.07 bits per heavy atom. The van der Waals surface area contributed by atoms with Crippen LogP contribution in [0.5, 0.6) is 0 Å². The van der Waals surface area contributed by atoms with Crippen LogP contribution in [0.1, 0.15) is 24.8 Å². The minimum atomic E-state index is -0.552. The molecular formula is C23H26N4O2. The van der Waals surface area contributed by atoms with E-state index in [4.69, 9.17) is 10.2 Å². The van der Waals surface area contributed by atoms with Crippen LogP contribution in [0.25, 0.3) is 28.5 Å². The number of hydrogen-bond donors (Lipinski definition) is 2. The summed E-state index contributed by atoms with van der Waals surface area (Å²) in [4.78, 5) is 18.7. The van der Waals surface area contributed by atoms with Crippen molar-refractivity contribution < 1.29 is 10.0 Å². The van der Waals surface area contributed by atoms with Crippen molar-refractivity contribution in [1.82, 2.24) is 19.9 Å². The molecule has 29 heavy (non-hydrogen) atoms. The number of nitrogens with one attached hydrogen (secondary N) is 1. The SMILES string of the molecule is O=C(/C=C/c1cccc(-c2nc3ccccc3n2CCN2CCCCC2)c1)NO. The van der Waals surface area contributed by atoms with Crippen LogP contribution < -0.4 is 5.48 Å². The largest absolute Gasteiger partial charge is 0.323 e. The summed E-state index contributed by atoms with van der Waals surface area (Å²) in [6, 6.07) is 16.2. The van der Waals surface area contributed by atoms with Crippen LogP contribution in [-0.4, -0.2) is 45.2 Å². The number of rotatable bonds is 6. The molecule has 2 N–H and O–H groups in total. The van der Waals surface area contributed by atoms with E-state index in [0.29, 0.717) is 0 Å². The van der Waals surface area contributed by atoms with Gasteiger partial charge in [0.15, 0.2) is 0 Å². The van der Waals surface area contributed by atoms with Gasteiger partial charge in [-0.15, -0.1) is 0 Å². The van der Waals surface area contributed by atoms with Crippen molar-refractivity contribution in [2.45, 2.75) is 25.8 Å². The van der Waals surface area contributed by atoms with Gasteiger partial charge in [-0.3, -0.25) is 10.0 Å². The summed E-state index contributed by atoms with van der Waals surface area (Å²) in [7, 11) is 0. The Hall–Kier alpha value is -2.96. The molecule has 4 rings (SSSR count). The van der Waals surface area contributed by atoms with Crippen molar-refractivity contribution in [3.8, 4) is 11.4 Å². The number of likely N-dealkylation sites (tertiary alicyclic amines) is 1. The predicted molar refractivity (Wildman–Crippen MR) is 114 cm³/mol. The van der Waals surface area contributed by atoms with Crippen molar-refractivity contribution >= 4 is 23.0 Å². The van der Waals surface area contributed by atoms with Crippen LogP contribution in [0.2, 0.25) is 0 Å². The van der Waals surface area contributed by atoms with Crippen molar-refractivity contribution in [3.05, 3.63) is 60.2 Å². The molecule has 0 atom stereocenters. The second-order valence-electron chi connectivity index (χ2n) is 7.41. The Bertz CT molecular complexity index is 1020. The van der Waals surface area contributed by atoms with Crippen LogP contribution in [0.15, 0.2) is 54.6 Å². The van der Waals surface area contributed by atoms with E-state index in [-0.39, 0.29) is 0 Å². The van der Waals surface area contributed by atoms with Crippen LogP contribution in [-0.2, 0) is 11.3 Å². The third kappa shape index (κ3) is 4.55. The summed E-state index contributed by atoms with van der Waals surface area (Å²) in [6.07, 6.45) is 6.89. The maximum atomic E-state index is 11.3. The van der Waals surface area contributed by atoms with Gasteiger partial charge in [0.1, 0.15) is 5.82 Å². The second-order valence-corrected chi connectivity index (χ2v) is 7.41. The first-order valence-electron chi connectivity index (χ1n) is 10.1. The maximum absolute atomic E-state index is 11.3. The molecule has 6 nitrogen and oxygen atoms in total. The van der Waals surface area contributed by atoms with Crippen molar-refractivity contribution in [2.75, 3.05) is 19.6 Å². The van der Waals surface area contributed by atoms with Crippen molar-refractivity contribution in [2.24, 2.45) is 0 Å². The molecule has 1 saturated heterocycles. The number of imidazole rings is 1. The molecule has 1 aliphatic rings. The number of hydroxylamine groups is 1. The summed E-state index contributed by atoms with van der Waals surface area (Å²) in [5, 5.41) is 8.66. The quantitative estimate of drug-likeness (QED) is 0.382. The topological polar surface area (TPSA) is 70.4 Å². The molecule has 0 saturated carbocycles. The third-order valence-electron chi connectivity index (χ3n) is 5.43. The number of para-hydroxylation sites is 2. The van der Waals surface area contributed by atoms with Crippen molar-refractivity contribution in [3.63, 3.8) is 0 Å². The van der Waals surface area contributed by atoms with Crippen molar-refractivity contribution in [1.29, 1.82) is 0 Å². The monoisotopic (exact) mass is 390 g/mol. The lowest BCUT2D eigenvalue weighted by molar-refractivity contribution is -0.124. The number of carbonyl (C=O) groups is 1. The molecule has 1 fully saturated rings. The highest BCUT2D eigenvalue weighted by molar-refractivity contribution is 5.91. The van der Waals surface area contributed by atoms with Crippen LogP contribution in [0.4, 0.5) is 0 Å². The normalized spacial score (nSPS) is 15.2. The number of fused-ring (bicyclic) bond motifs is 1. The Kier molecular flexibility index (Phi) is 6.03. The molecule has 150 valence electrons. The zero-order valence-corrected chi connectivity index (χ0v) is 16.4. The van der Waals surface area contributed by atoms with Crippen LogP contribution in [0, 0.1) is 0 Å². The highest BCUT2D eigenvalue weighted by Gasteiger charge is 2.15. The molecule has 1 amide bonds. The minimum absolute atomic E-state index is 0.552. The molecule has 0 radical (unpaired) electrons. The number of nitrogens with zero attached hydrogens (tertiary/aromatic N) is 3. The van der Waals surface area contributed by atoms with Gasteiger partial charge in [0.25, 0.3) is 5.91 Å². The smallest absolute Gasteiger partial charge is 0.267 e. The lowest BCUT2D eigenvalue weighted by Crippen LogP contribution is -2.32. The summed E-state index contributed by atoms with van der Waals surface area (Å²) in [5.74, 6) is 0.384. The molecule has 0 spiro atoms. The molecule has 3 aromatic rings. The number of aromatic nitrogens is 2. The summed E-state index contributed by atoms with van der Waals surface area (Å²) < 4.78 is 2.30. The first kappa shape index (κ1) is 19.4. The number of carbonyl (C=O) groups excluding carboxylic acids is 1. The van der Waals surface area contributed by atoms with Crippen LogP contribution >= 0.6 is 0 Å². The molecule has 6 heteroatoms. The molecule has 0 bridgehead atoms. The van der Waals surface area contributed by atoms with E-state index in [9.17, 15) is 4.79 Å². The van der Waals surface area contributed by atoms with E-state index in [1.54, 1.807) is 11.6 Å². The standard InChI is InChI=1S/C23H26N4O2/c28-22(25-29)12-11-18-7-6-8-19(17-18)23-24-20-9-2-3-10-21(20)27(23)16-15-26-13-4-1-5-14-26/h2-3,6-12,17,29H,1,4-5,13-16H2,(H,25,28)/b12-11+. The van der Waals surface area contributed by atoms with Gasteiger partial charge in [-0.05, 0) is 55.8 Å². The number of benzene rings is 2. The fourth-order valence-electron chi connectivity index (χ4n) is 3.94. The van der Waals surface area contributed by atoms with E-state index in [0.717, 1.165) is 41.1 Å². The number of amides is 1. The van der Waals surface area contributed by atoms with E-state index in [1.165, 1.54) is 38.4 Å². The van der Waals surface area contributed by atoms with Gasteiger partial charge >= 0.3 is 0 Å². The Labute approximate surface area is 170 Å². The zero-order chi connectivity index (χ0) is 20.1. The maximum Gasteiger partial charge on any atom is 0.267 e.